The molecule has 0 unspecified atom stereocenters. The van der Waals surface area contributed by atoms with Crippen molar-refractivity contribution in [2.45, 2.75) is 135 Å². The van der Waals surface area contributed by atoms with E-state index in [1.807, 2.05) is 0 Å². The average Bonchev–Trinajstić information content (AvgIpc) is 3.57. The molecule has 238 valence electrons. The molecule has 41 heavy (non-hydrogen) atoms. The fourth-order valence-electron chi connectivity index (χ4n) is 11.3. The zero-order valence-electron chi connectivity index (χ0n) is 26.7. The number of nitrogens with one attached hydrogen (secondary N) is 1. The number of nitrogens with zero attached hydrogens (tertiary/aromatic N) is 1. The predicted molar refractivity (Wildman–Crippen MR) is 159 cm³/mol. The molecule has 5 rings (SSSR count). The Bertz CT molecular complexity index is 896. The van der Waals surface area contributed by atoms with Gasteiger partial charge in [-0.3, -0.25) is 4.79 Å². The molecule has 0 aromatic heterocycles. The van der Waals surface area contributed by atoms with E-state index in [4.69, 9.17) is 0 Å². The lowest BCUT2D eigenvalue weighted by Gasteiger charge is -2.63. The van der Waals surface area contributed by atoms with Gasteiger partial charge in [-0.15, -0.1) is 0 Å². The first-order valence-electron chi connectivity index (χ1n) is 17.0. The Morgan fingerprint density at radius 3 is 2.39 bits per heavy atom. The van der Waals surface area contributed by atoms with Crippen molar-refractivity contribution in [2.24, 2.45) is 46.3 Å². The second kappa shape index (κ2) is 13.0. The van der Waals surface area contributed by atoms with Crippen LogP contribution in [-0.4, -0.2) is 77.2 Å². The van der Waals surface area contributed by atoms with Gasteiger partial charge in [0.05, 0.1) is 45.0 Å². The highest BCUT2D eigenvalue weighted by atomic mass is 79.9. The van der Waals surface area contributed by atoms with Crippen LogP contribution in [0.1, 0.15) is 111 Å². The number of quaternary nitrogens is 1. The van der Waals surface area contributed by atoms with Crippen molar-refractivity contribution in [1.29, 1.82) is 0 Å². The van der Waals surface area contributed by atoms with Crippen molar-refractivity contribution in [2.75, 3.05) is 27.2 Å². The summed E-state index contributed by atoms with van der Waals surface area (Å²) < 4.78 is 1.08. The third kappa shape index (κ3) is 6.32. The number of carbonyl (C=O) groups excluding carboxylic acids is 1. The molecule has 5 saturated carbocycles. The van der Waals surface area contributed by atoms with Crippen LogP contribution in [0.3, 0.4) is 0 Å². The summed E-state index contributed by atoms with van der Waals surface area (Å²) >= 11 is 0. The molecule has 0 aliphatic heterocycles. The lowest BCUT2D eigenvalue weighted by molar-refractivity contribution is -0.914. The molecule has 7 heteroatoms. The molecule has 1 amide bonds. The number of hydrogen-bond donors (Lipinski definition) is 4. The van der Waals surface area contributed by atoms with Gasteiger partial charge in [-0.2, -0.15) is 0 Å². The summed E-state index contributed by atoms with van der Waals surface area (Å²) in [6.07, 6.45) is 13.3. The zero-order chi connectivity index (χ0) is 28.9. The summed E-state index contributed by atoms with van der Waals surface area (Å²) in [6, 6.07) is 0.785. The van der Waals surface area contributed by atoms with Crippen LogP contribution in [0.15, 0.2) is 0 Å². The number of aliphatic hydroxyl groups is 3. The number of halogens is 1. The lowest BCUT2D eigenvalue weighted by atomic mass is 9.43. The molecule has 0 bridgehead atoms. The van der Waals surface area contributed by atoms with Crippen molar-refractivity contribution in [3.63, 3.8) is 0 Å². The summed E-state index contributed by atoms with van der Waals surface area (Å²) in [5, 5.41) is 36.8. The van der Waals surface area contributed by atoms with Gasteiger partial charge in [0.25, 0.3) is 0 Å². The molecule has 5 aliphatic carbocycles. The van der Waals surface area contributed by atoms with Crippen LogP contribution in [0, 0.1) is 46.3 Å². The van der Waals surface area contributed by atoms with Gasteiger partial charge < -0.3 is 42.1 Å². The molecular formula is C34H61BrN2O4. The Morgan fingerprint density at radius 1 is 0.976 bits per heavy atom. The molecule has 0 heterocycles. The first kappa shape index (κ1) is 33.7. The third-order valence-electron chi connectivity index (χ3n) is 13.9. The predicted octanol–water partition coefficient (Wildman–Crippen LogP) is 1.89. The molecule has 0 radical (unpaired) electrons. The Labute approximate surface area is 260 Å². The van der Waals surface area contributed by atoms with E-state index in [9.17, 15) is 20.1 Å². The summed E-state index contributed by atoms with van der Waals surface area (Å²) in [6.45, 7) is 8.88. The summed E-state index contributed by atoms with van der Waals surface area (Å²) in [7, 11) is 4.70. The number of aliphatic hydroxyl groups excluding tert-OH is 3. The maximum absolute atomic E-state index is 12.8. The van der Waals surface area contributed by atoms with E-state index < -0.39 is 0 Å². The molecule has 0 saturated heterocycles. The van der Waals surface area contributed by atoms with Crippen LogP contribution in [0.4, 0.5) is 0 Å². The normalized spacial score (nSPS) is 43.4. The number of rotatable bonds is 9. The van der Waals surface area contributed by atoms with Gasteiger partial charge in [0.2, 0.25) is 5.91 Å². The number of amides is 1. The molecule has 6 nitrogen and oxygen atoms in total. The van der Waals surface area contributed by atoms with Crippen molar-refractivity contribution >= 4 is 5.91 Å². The maximum atomic E-state index is 12.8. The fraction of sp³-hybridized carbons (Fsp3) is 0.971. The van der Waals surface area contributed by atoms with E-state index in [1.54, 1.807) is 0 Å². The van der Waals surface area contributed by atoms with Gasteiger partial charge in [0.15, 0.2) is 0 Å². The second-order valence-electron chi connectivity index (χ2n) is 16.2. The van der Waals surface area contributed by atoms with Crippen LogP contribution < -0.4 is 22.3 Å². The smallest absolute Gasteiger partial charge is 0.220 e. The van der Waals surface area contributed by atoms with Crippen LogP contribution in [0.5, 0.6) is 0 Å². The van der Waals surface area contributed by atoms with Crippen molar-refractivity contribution < 1.29 is 41.6 Å². The third-order valence-corrected chi connectivity index (χ3v) is 13.9. The number of fused-ring (bicyclic) bond motifs is 5. The first-order valence-corrected chi connectivity index (χ1v) is 17.0. The standard InChI is InChI=1S/C34H60N2O4.BrH/c1-22(11-14-31(40)35-17-8-18-36(4,5)24-9-6-7-10-24)26-12-13-27-32-28(21-30(39)34(26,27)3)33(2)16-15-25(37)19-23(33)20-29(32)38;/h22-30,32,37-39H,6-21H2,1-5H3;1H/t22-,23+,25-,26-,27+,28+,29-,30+,32+,33+,34-;/m1./s1. The Morgan fingerprint density at radius 2 is 1.68 bits per heavy atom. The van der Waals surface area contributed by atoms with Crippen LogP contribution >= 0.6 is 0 Å². The topological polar surface area (TPSA) is 89.8 Å². The summed E-state index contributed by atoms with van der Waals surface area (Å²) in [4.78, 5) is 12.8. The minimum atomic E-state index is -0.363. The molecule has 5 fully saturated rings. The maximum Gasteiger partial charge on any atom is 0.220 e. The van der Waals surface area contributed by atoms with E-state index in [0.29, 0.717) is 36.0 Å². The second-order valence-corrected chi connectivity index (χ2v) is 16.2. The highest BCUT2D eigenvalue weighted by Gasteiger charge is 2.65. The van der Waals surface area contributed by atoms with E-state index >= 15 is 0 Å². The summed E-state index contributed by atoms with van der Waals surface area (Å²) in [5.41, 5.74) is -0.0857. The zero-order valence-corrected chi connectivity index (χ0v) is 28.2. The molecule has 4 N–H and O–H groups in total. The minimum Gasteiger partial charge on any atom is -1.00 e. The van der Waals surface area contributed by atoms with Gasteiger partial charge >= 0.3 is 0 Å². The Balaban J connectivity index is 0.00000387. The van der Waals surface area contributed by atoms with E-state index in [0.717, 1.165) is 81.4 Å². The van der Waals surface area contributed by atoms with Crippen molar-refractivity contribution in [3.05, 3.63) is 0 Å². The minimum absolute atomic E-state index is 0. The van der Waals surface area contributed by atoms with E-state index in [-0.39, 0.29) is 57.9 Å². The average molecular weight is 642 g/mol. The fourth-order valence-corrected chi connectivity index (χ4v) is 11.3. The Hall–Kier alpha value is -0.210. The largest absolute Gasteiger partial charge is 1.00 e. The van der Waals surface area contributed by atoms with Gasteiger partial charge in [0, 0.05) is 19.4 Å². The van der Waals surface area contributed by atoms with E-state index in [2.05, 4.69) is 40.2 Å². The van der Waals surface area contributed by atoms with Crippen LogP contribution in [-0.2, 0) is 4.79 Å². The molecule has 0 aromatic rings. The van der Waals surface area contributed by atoms with Gasteiger partial charge in [0.1, 0.15) is 0 Å². The number of hydrogen-bond acceptors (Lipinski definition) is 4. The van der Waals surface area contributed by atoms with Crippen LogP contribution in [0.2, 0.25) is 0 Å². The molecule has 5 aliphatic rings. The summed E-state index contributed by atoms with van der Waals surface area (Å²) in [5.74, 6) is 2.20. The molecule has 0 spiro atoms. The molecule has 0 aromatic carbocycles. The Kier molecular flexibility index (Phi) is 10.7. The van der Waals surface area contributed by atoms with Gasteiger partial charge in [-0.25, -0.2) is 0 Å². The van der Waals surface area contributed by atoms with Gasteiger partial charge in [-0.05, 0) is 123 Å². The highest BCUT2D eigenvalue weighted by Crippen LogP contribution is 2.68. The van der Waals surface area contributed by atoms with Crippen LogP contribution in [0.25, 0.3) is 0 Å². The monoisotopic (exact) mass is 640 g/mol. The quantitative estimate of drug-likeness (QED) is 0.229. The first-order chi connectivity index (χ1) is 18.9. The van der Waals surface area contributed by atoms with Gasteiger partial charge in [-0.1, -0.05) is 20.8 Å². The SMILES string of the molecule is C[C@H](CCC(=O)NCCC[N+](C)(C)C1CCCC1)[C@H]1CC[C@H]2[C@@H]3[C@H](O)C[C@@H]4C[C@H](O)CC[C@]4(C)[C@H]3C[C@H](O)[C@]12C.[Br-]. The molecule has 11 atom stereocenters. The van der Waals surface area contributed by atoms with E-state index in [1.165, 1.54) is 25.7 Å². The lowest BCUT2D eigenvalue weighted by Crippen LogP contribution is -3.00. The van der Waals surface area contributed by atoms with Crippen molar-refractivity contribution in [3.8, 4) is 0 Å². The highest BCUT2D eigenvalue weighted by molar-refractivity contribution is 5.75. The molecular weight excluding hydrogens is 580 g/mol. The van der Waals surface area contributed by atoms with Crippen molar-refractivity contribution in [1.82, 2.24) is 5.32 Å². The number of carbonyl (C=O) groups is 1.